The maximum absolute atomic E-state index is 12.0. The van der Waals surface area contributed by atoms with Gasteiger partial charge in [-0.05, 0) is 18.6 Å². The van der Waals surface area contributed by atoms with E-state index in [1.54, 1.807) is 6.20 Å². The highest BCUT2D eigenvalue weighted by Crippen LogP contribution is 2.15. The normalized spacial score (nSPS) is 22.3. The highest BCUT2D eigenvalue weighted by molar-refractivity contribution is 5.97. The molecule has 2 heterocycles. The van der Waals surface area contributed by atoms with E-state index >= 15 is 0 Å². The number of anilines is 1. The molecule has 0 bridgehead atoms. The molecular formula is C16H20N6O. The summed E-state index contributed by atoms with van der Waals surface area (Å²) in [6.45, 7) is 0.516. The number of benzene rings is 1. The highest BCUT2D eigenvalue weighted by atomic mass is 16.1. The van der Waals surface area contributed by atoms with Crippen LogP contribution in [0.1, 0.15) is 6.42 Å². The van der Waals surface area contributed by atoms with E-state index in [-0.39, 0.29) is 24.5 Å². The molecule has 6 N–H and O–H groups in total. The minimum atomic E-state index is -0.209. The van der Waals surface area contributed by atoms with Crippen LogP contribution in [-0.2, 0) is 4.79 Å². The molecule has 1 aliphatic rings. The average Bonchev–Trinajstić information content (AvgIpc) is 2.93. The van der Waals surface area contributed by atoms with Gasteiger partial charge >= 0.3 is 0 Å². The number of carbonyl (C=O) groups excluding carboxylic acids is 1. The number of fused-ring (bicyclic) bond motifs is 1. The predicted molar refractivity (Wildman–Crippen MR) is 91.2 cm³/mol. The van der Waals surface area contributed by atoms with Crippen molar-refractivity contribution in [2.75, 3.05) is 18.4 Å². The molecule has 1 aliphatic heterocycles. The molecule has 2 atom stereocenters. The van der Waals surface area contributed by atoms with E-state index in [9.17, 15) is 4.79 Å². The van der Waals surface area contributed by atoms with E-state index in [1.165, 1.54) is 0 Å². The summed E-state index contributed by atoms with van der Waals surface area (Å²) in [4.78, 5) is 20.6. The van der Waals surface area contributed by atoms with Crippen LogP contribution in [-0.4, -0.2) is 41.9 Å². The monoisotopic (exact) mass is 312 g/mol. The van der Waals surface area contributed by atoms with Crippen molar-refractivity contribution < 1.29 is 4.79 Å². The van der Waals surface area contributed by atoms with E-state index in [1.807, 2.05) is 30.3 Å². The number of rotatable bonds is 4. The lowest BCUT2D eigenvalue weighted by Gasteiger charge is -2.07. The van der Waals surface area contributed by atoms with Crippen LogP contribution in [0.3, 0.4) is 0 Å². The summed E-state index contributed by atoms with van der Waals surface area (Å²) in [5, 5.41) is 6.91. The molecule has 2 unspecified atom stereocenters. The molecule has 3 rings (SSSR count). The summed E-state index contributed by atoms with van der Waals surface area (Å²) >= 11 is 0. The third-order valence-corrected chi connectivity index (χ3v) is 3.79. The lowest BCUT2D eigenvalue weighted by Crippen LogP contribution is -2.35. The molecule has 2 aromatic rings. The SMILES string of the molecule is NCC1CC(N)C(=NCC(=O)Nc2cnc3ccccc3c2)N1. The topological polar surface area (TPSA) is 118 Å². The number of pyridine rings is 1. The van der Waals surface area contributed by atoms with Crippen LogP contribution >= 0.6 is 0 Å². The maximum atomic E-state index is 12.0. The summed E-state index contributed by atoms with van der Waals surface area (Å²) in [7, 11) is 0. The van der Waals surface area contributed by atoms with E-state index < -0.39 is 0 Å². The van der Waals surface area contributed by atoms with Gasteiger partial charge in [-0.15, -0.1) is 0 Å². The molecular weight excluding hydrogens is 292 g/mol. The van der Waals surface area contributed by atoms with Crippen molar-refractivity contribution in [2.24, 2.45) is 16.5 Å². The molecule has 7 heteroatoms. The van der Waals surface area contributed by atoms with Crippen LogP contribution < -0.4 is 22.1 Å². The van der Waals surface area contributed by atoms with Crippen LogP contribution in [0, 0.1) is 0 Å². The number of amidine groups is 1. The zero-order chi connectivity index (χ0) is 16.2. The maximum Gasteiger partial charge on any atom is 0.246 e. The van der Waals surface area contributed by atoms with Gasteiger partial charge in [0.2, 0.25) is 5.91 Å². The smallest absolute Gasteiger partial charge is 0.246 e. The molecule has 1 aromatic heterocycles. The molecule has 1 saturated heterocycles. The summed E-state index contributed by atoms with van der Waals surface area (Å²) in [6.07, 6.45) is 2.38. The van der Waals surface area contributed by atoms with Gasteiger partial charge in [0.05, 0.1) is 23.4 Å². The van der Waals surface area contributed by atoms with Gasteiger partial charge in [0.15, 0.2) is 0 Å². The fraction of sp³-hybridized carbons (Fsp3) is 0.312. The lowest BCUT2D eigenvalue weighted by molar-refractivity contribution is -0.114. The Morgan fingerprint density at radius 3 is 3.04 bits per heavy atom. The van der Waals surface area contributed by atoms with Crippen molar-refractivity contribution in [3.63, 3.8) is 0 Å². The summed E-state index contributed by atoms with van der Waals surface area (Å²) in [5.41, 5.74) is 13.1. The minimum absolute atomic E-state index is 0.0140. The number of nitrogens with one attached hydrogen (secondary N) is 2. The number of amides is 1. The lowest BCUT2D eigenvalue weighted by atomic mass is 10.2. The zero-order valence-electron chi connectivity index (χ0n) is 12.7. The van der Waals surface area contributed by atoms with Gasteiger partial charge in [-0.1, -0.05) is 18.2 Å². The second-order valence-electron chi connectivity index (χ2n) is 5.59. The first-order valence-electron chi connectivity index (χ1n) is 7.57. The van der Waals surface area contributed by atoms with Gasteiger partial charge in [0.1, 0.15) is 12.4 Å². The Morgan fingerprint density at radius 1 is 1.43 bits per heavy atom. The average molecular weight is 312 g/mol. The van der Waals surface area contributed by atoms with Crippen molar-refractivity contribution in [1.29, 1.82) is 0 Å². The molecule has 1 aromatic carbocycles. The molecule has 7 nitrogen and oxygen atoms in total. The molecule has 0 saturated carbocycles. The Morgan fingerprint density at radius 2 is 2.26 bits per heavy atom. The van der Waals surface area contributed by atoms with Crippen molar-refractivity contribution >= 4 is 28.3 Å². The van der Waals surface area contributed by atoms with E-state index in [0.717, 1.165) is 17.3 Å². The molecule has 23 heavy (non-hydrogen) atoms. The molecule has 1 amide bonds. The van der Waals surface area contributed by atoms with E-state index in [4.69, 9.17) is 11.5 Å². The van der Waals surface area contributed by atoms with Gasteiger partial charge in [0, 0.05) is 18.0 Å². The highest BCUT2D eigenvalue weighted by Gasteiger charge is 2.25. The van der Waals surface area contributed by atoms with Gasteiger partial charge in [-0.3, -0.25) is 14.8 Å². The second-order valence-corrected chi connectivity index (χ2v) is 5.59. The van der Waals surface area contributed by atoms with E-state index in [0.29, 0.717) is 18.1 Å². The number of nitrogens with two attached hydrogens (primary N) is 2. The van der Waals surface area contributed by atoms with Gasteiger partial charge < -0.3 is 22.1 Å². The molecule has 1 fully saturated rings. The third-order valence-electron chi connectivity index (χ3n) is 3.79. The number of nitrogens with zero attached hydrogens (tertiary/aromatic N) is 2. The quantitative estimate of drug-likeness (QED) is 0.644. The van der Waals surface area contributed by atoms with Crippen molar-refractivity contribution in [3.05, 3.63) is 36.5 Å². The first-order valence-corrected chi connectivity index (χ1v) is 7.57. The first kappa shape index (κ1) is 15.4. The largest absolute Gasteiger partial charge is 0.368 e. The Balaban J connectivity index is 1.62. The number of hydrogen-bond acceptors (Lipinski definition) is 5. The van der Waals surface area contributed by atoms with Crippen LogP contribution in [0.4, 0.5) is 5.69 Å². The van der Waals surface area contributed by atoms with Crippen LogP contribution in [0.15, 0.2) is 41.5 Å². The second kappa shape index (κ2) is 6.72. The number of aromatic nitrogens is 1. The Kier molecular flexibility index (Phi) is 4.50. The standard InChI is InChI=1S/C16H20N6O/c17-7-11-6-13(18)16(22-11)20-9-15(23)21-12-5-10-3-1-2-4-14(10)19-8-12/h1-5,8,11,13H,6-7,9,17-18H2,(H,20,22)(H,21,23). The van der Waals surface area contributed by atoms with Gasteiger partial charge in [-0.2, -0.15) is 0 Å². The van der Waals surface area contributed by atoms with Crippen molar-refractivity contribution in [2.45, 2.75) is 18.5 Å². The van der Waals surface area contributed by atoms with Crippen LogP contribution in [0.5, 0.6) is 0 Å². The third kappa shape index (κ3) is 3.64. The molecule has 120 valence electrons. The number of aliphatic imine (C=N–C) groups is 1. The molecule has 0 aliphatic carbocycles. The molecule has 0 spiro atoms. The Hall–Kier alpha value is -2.51. The van der Waals surface area contributed by atoms with Gasteiger partial charge in [-0.25, -0.2) is 0 Å². The number of para-hydroxylation sites is 1. The fourth-order valence-electron chi connectivity index (χ4n) is 2.61. The number of hydrogen-bond donors (Lipinski definition) is 4. The summed E-state index contributed by atoms with van der Waals surface area (Å²) in [5.74, 6) is 0.437. The van der Waals surface area contributed by atoms with Crippen LogP contribution in [0.25, 0.3) is 10.9 Å². The minimum Gasteiger partial charge on any atom is -0.368 e. The molecule has 0 radical (unpaired) electrons. The summed E-state index contributed by atoms with van der Waals surface area (Å²) in [6, 6.07) is 9.58. The van der Waals surface area contributed by atoms with E-state index in [2.05, 4.69) is 20.6 Å². The van der Waals surface area contributed by atoms with Crippen molar-refractivity contribution in [3.8, 4) is 0 Å². The predicted octanol–water partition coefficient (Wildman–Crippen LogP) is 0.220. The number of carbonyl (C=O) groups is 1. The fourth-order valence-corrected chi connectivity index (χ4v) is 2.61. The first-order chi connectivity index (χ1) is 11.2. The van der Waals surface area contributed by atoms with Crippen molar-refractivity contribution in [1.82, 2.24) is 10.3 Å². The van der Waals surface area contributed by atoms with Crippen LogP contribution in [0.2, 0.25) is 0 Å². The Labute approximate surface area is 134 Å². The van der Waals surface area contributed by atoms with Gasteiger partial charge in [0.25, 0.3) is 0 Å². The Bertz CT molecular complexity index is 744. The summed E-state index contributed by atoms with van der Waals surface area (Å²) < 4.78 is 0. The zero-order valence-corrected chi connectivity index (χ0v) is 12.7.